The molecule has 0 fully saturated rings. The first-order valence-electron chi connectivity index (χ1n) is 6.05. The minimum atomic E-state index is -5.30. The van der Waals surface area contributed by atoms with Crippen LogP contribution in [0.5, 0.6) is 0 Å². The van der Waals surface area contributed by atoms with Crippen LogP contribution in [-0.4, -0.2) is 177 Å². The normalized spacial score (nSPS) is 15.6. The predicted molar refractivity (Wildman–Crippen MR) is 120 cm³/mol. The Morgan fingerprint density at radius 1 is 0.295 bits per heavy atom. The molecule has 0 aromatic carbocycles. The van der Waals surface area contributed by atoms with E-state index in [2.05, 4.69) is 17.2 Å². The first-order valence-corrected chi connectivity index (χ1v) is 18.2. The molecular formula is H16Na8O28P8. The van der Waals surface area contributed by atoms with Crippen LogP contribution in [0.25, 0.3) is 0 Å². The molecule has 232 valence electrons. The molecule has 0 saturated heterocycles. The summed E-state index contributed by atoms with van der Waals surface area (Å²) >= 11 is 0. The number of phosphoric acid groups is 8. The fourth-order valence-corrected chi connectivity index (χ4v) is 4.84. The van der Waals surface area contributed by atoms with Crippen molar-refractivity contribution in [2.75, 3.05) is 0 Å². The summed E-state index contributed by atoms with van der Waals surface area (Å²) in [7, 11) is -41.7. The second-order valence-corrected chi connectivity index (χ2v) is 14.4. The van der Waals surface area contributed by atoms with Crippen molar-refractivity contribution in [2.24, 2.45) is 0 Å². The zero-order valence-corrected chi connectivity index (χ0v) is 34.6. The van der Waals surface area contributed by atoms with Crippen LogP contribution in [0.2, 0.25) is 0 Å². The van der Waals surface area contributed by atoms with Crippen LogP contribution in [-0.2, 0) is 53.8 Å². The standard InChI is InChI=1S/8Na.4H4O7P2.4H/c;;;;;;;;4*1-8(2,3)7-9(4,5)6;;;;/h;;;;;;;;4*(H2,1,2,3)(H2,4,5,6);;;;/q;;;;4*+1;;;;;;;;/p-4. The molecule has 44 heteroatoms. The summed E-state index contributed by atoms with van der Waals surface area (Å²) in [4.78, 5) is 130. The summed E-state index contributed by atoms with van der Waals surface area (Å²) in [5.74, 6) is 0. The summed E-state index contributed by atoms with van der Waals surface area (Å²) in [6.07, 6.45) is 0. The zero-order chi connectivity index (χ0) is 30.8. The van der Waals surface area contributed by atoms with E-state index in [0.717, 1.165) is 0 Å². The molecule has 0 saturated carbocycles. The van der Waals surface area contributed by atoms with Gasteiger partial charge in [0.1, 0.15) is 0 Å². The van der Waals surface area contributed by atoms with Crippen LogP contribution in [0.15, 0.2) is 0 Å². The SMILES string of the molecule is O=P([O-])(O)OP(=O)(O)O.O=P([O-])(O)OP(=O)(O)O.O=P([O-])(O)OP(=O)(O)O.O=P([O-])(O)OP(=O)(O)O.[Na+].[Na+].[Na+].[Na+].[NaH].[NaH].[NaH].[NaH]. The topological polar surface area (TPSA) is 508 Å². The van der Waals surface area contributed by atoms with Crippen molar-refractivity contribution in [3.63, 3.8) is 0 Å². The van der Waals surface area contributed by atoms with E-state index in [-0.39, 0.29) is 236 Å². The molecule has 0 amide bonds. The Labute approximate surface area is 422 Å². The predicted octanol–water partition coefficient (Wildman–Crippen LogP) is -20.4. The van der Waals surface area contributed by atoms with E-state index in [1.54, 1.807) is 0 Å². The number of hydrogen-bond acceptors (Lipinski definition) is 16. The van der Waals surface area contributed by atoms with Gasteiger partial charge in [0.2, 0.25) is 0 Å². The fraction of sp³-hybridized carbons (Fsp3) is 0. The second kappa shape index (κ2) is 36.4. The van der Waals surface area contributed by atoms with Crippen molar-refractivity contribution < 1.29 is 250 Å². The van der Waals surface area contributed by atoms with Gasteiger partial charge in [-0.05, 0) is 0 Å². The molecule has 0 aromatic heterocycles. The van der Waals surface area contributed by atoms with Gasteiger partial charge >= 0.3 is 268 Å². The van der Waals surface area contributed by atoms with Crippen LogP contribution in [0.4, 0.5) is 0 Å². The molecule has 0 aliphatic heterocycles. The molecule has 0 spiro atoms. The summed E-state index contributed by atoms with van der Waals surface area (Å²) in [6.45, 7) is 0. The number of rotatable bonds is 8. The Hall–Kier alpha value is 9.04. The van der Waals surface area contributed by atoms with Crippen LogP contribution in [0.3, 0.4) is 0 Å². The van der Waals surface area contributed by atoms with Crippen molar-refractivity contribution in [3.8, 4) is 0 Å². The van der Waals surface area contributed by atoms with E-state index in [1.165, 1.54) is 0 Å². The van der Waals surface area contributed by atoms with Crippen LogP contribution in [0, 0.1) is 0 Å². The summed E-state index contributed by atoms with van der Waals surface area (Å²) in [5.41, 5.74) is 0. The van der Waals surface area contributed by atoms with E-state index in [1.807, 2.05) is 0 Å². The second-order valence-electron chi connectivity index (χ2n) is 4.16. The van der Waals surface area contributed by atoms with Crippen LogP contribution in [0.1, 0.15) is 0 Å². The van der Waals surface area contributed by atoms with E-state index < -0.39 is 62.6 Å². The maximum absolute atomic E-state index is 9.59. The van der Waals surface area contributed by atoms with Crippen LogP contribution >= 0.6 is 62.6 Å². The maximum atomic E-state index is 9.59. The van der Waals surface area contributed by atoms with E-state index in [4.69, 9.17) is 58.7 Å². The van der Waals surface area contributed by atoms with E-state index >= 15 is 0 Å². The van der Waals surface area contributed by atoms with Gasteiger partial charge in [0.25, 0.3) is 31.3 Å². The zero-order valence-electron chi connectivity index (χ0n) is 19.5. The van der Waals surface area contributed by atoms with Gasteiger partial charge in [-0.2, -0.15) is 0 Å². The Morgan fingerprint density at radius 3 is 0.364 bits per heavy atom. The van der Waals surface area contributed by atoms with Crippen molar-refractivity contribution in [1.82, 2.24) is 0 Å². The monoisotopic (exact) mass is 896 g/mol. The summed E-state index contributed by atoms with van der Waals surface area (Å²) < 4.78 is 87.8. The summed E-state index contributed by atoms with van der Waals surface area (Å²) in [6, 6.07) is 0. The molecule has 0 bridgehead atoms. The van der Waals surface area contributed by atoms with Gasteiger partial charge in [0.05, 0.1) is 0 Å². The van der Waals surface area contributed by atoms with Crippen molar-refractivity contribution in [2.45, 2.75) is 0 Å². The number of hydrogen-bond donors (Lipinski definition) is 12. The van der Waals surface area contributed by atoms with Crippen LogP contribution < -0.4 is 138 Å². The van der Waals surface area contributed by atoms with Gasteiger partial charge in [-0.25, -0.2) is 35.5 Å². The Kier molecular flexibility index (Phi) is 70.5. The third kappa shape index (κ3) is 117. The van der Waals surface area contributed by atoms with Gasteiger partial charge in [-0.1, -0.05) is 0 Å². The molecule has 0 aliphatic rings. The van der Waals surface area contributed by atoms with E-state index in [0.29, 0.717) is 0 Å². The molecule has 4 atom stereocenters. The van der Waals surface area contributed by atoms with Gasteiger partial charge in [0, 0.05) is 0 Å². The molecule has 0 rings (SSSR count). The first-order chi connectivity index (χ1) is 14.8. The summed E-state index contributed by atoms with van der Waals surface area (Å²) in [5, 5.41) is 0. The average molecular weight is 896 g/mol. The molecule has 0 aromatic rings. The third-order valence-electron chi connectivity index (χ3n) is 0.838. The van der Waals surface area contributed by atoms with Gasteiger partial charge < -0.3 is 78.3 Å². The Morgan fingerprint density at radius 2 is 0.364 bits per heavy atom. The van der Waals surface area contributed by atoms with Crippen molar-refractivity contribution in [3.05, 3.63) is 0 Å². The molecule has 44 heavy (non-hydrogen) atoms. The first kappa shape index (κ1) is 85.3. The van der Waals surface area contributed by atoms with Gasteiger partial charge in [-0.3, -0.25) is 18.3 Å². The minimum absolute atomic E-state index is 0. The van der Waals surface area contributed by atoms with Gasteiger partial charge in [0.15, 0.2) is 0 Å². The molecule has 0 radical (unpaired) electrons. The quantitative estimate of drug-likeness (QED) is 0.0795. The Balaban J connectivity index is -0.0000000293. The molecular weight excluding hydrogens is 880 g/mol. The van der Waals surface area contributed by atoms with E-state index in [9.17, 15) is 56.1 Å². The molecule has 28 nitrogen and oxygen atoms in total. The Bertz CT molecular complexity index is 788. The van der Waals surface area contributed by atoms with Gasteiger partial charge in [-0.15, -0.1) is 0 Å². The average Bonchev–Trinajstić information content (AvgIpc) is 2.19. The van der Waals surface area contributed by atoms with Crippen molar-refractivity contribution >= 4 is 181 Å². The molecule has 0 aliphatic carbocycles. The molecule has 4 unspecified atom stereocenters. The van der Waals surface area contributed by atoms with Crippen molar-refractivity contribution in [1.29, 1.82) is 0 Å². The molecule has 12 N–H and O–H groups in total. The molecule has 0 heterocycles. The fourth-order valence-electron chi connectivity index (χ4n) is 0.538. The third-order valence-corrected chi connectivity index (χ3v) is 7.54.